The minimum atomic E-state index is -4.22. The lowest BCUT2D eigenvalue weighted by molar-refractivity contribution is -0.386. The van der Waals surface area contributed by atoms with E-state index < -0.39 is 25.5 Å². The molecule has 21 heavy (non-hydrogen) atoms. The second-order valence-electron chi connectivity index (χ2n) is 3.87. The van der Waals surface area contributed by atoms with E-state index in [1.807, 2.05) is 0 Å². The van der Waals surface area contributed by atoms with Crippen molar-refractivity contribution in [2.24, 2.45) is 12.9 Å². The third-order valence-corrected chi connectivity index (χ3v) is 3.92. The van der Waals surface area contributed by atoms with E-state index in [0.717, 1.165) is 12.4 Å². The first-order valence-electron chi connectivity index (χ1n) is 5.47. The Kier molecular flexibility index (Phi) is 3.73. The highest BCUT2D eigenvalue weighted by molar-refractivity contribution is 7.92. The third-order valence-electron chi connectivity index (χ3n) is 2.56. The summed E-state index contributed by atoms with van der Waals surface area (Å²) in [6.07, 6.45) is 1.14. The van der Waals surface area contributed by atoms with Crippen molar-refractivity contribution in [1.82, 2.24) is 14.8 Å². The van der Waals surface area contributed by atoms with Crippen LogP contribution in [-0.4, -0.2) is 28.1 Å². The predicted molar refractivity (Wildman–Crippen MR) is 72.7 cm³/mol. The zero-order valence-electron chi connectivity index (χ0n) is 10.7. The first-order chi connectivity index (χ1) is 9.86. The molecule has 2 aromatic rings. The number of nitrogens with one attached hydrogen (secondary N) is 2. The van der Waals surface area contributed by atoms with Gasteiger partial charge in [-0.25, -0.2) is 17.8 Å². The predicted octanol–water partition coefficient (Wildman–Crippen LogP) is -0.190. The summed E-state index contributed by atoms with van der Waals surface area (Å²) in [5.74, 6) is 5.09. The lowest BCUT2D eigenvalue weighted by Crippen LogP contribution is -2.19. The van der Waals surface area contributed by atoms with Crippen LogP contribution in [0.25, 0.3) is 0 Å². The van der Waals surface area contributed by atoms with Crippen LogP contribution in [0.2, 0.25) is 0 Å². The van der Waals surface area contributed by atoms with Crippen LogP contribution in [0.3, 0.4) is 0 Å². The SMILES string of the molecule is Cn1ncnc1NS(=O)(=O)c1cccc(NN)c1[N+](=O)[O-]. The molecule has 0 spiro atoms. The van der Waals surface area contributed by atoms with Gasteiger partial charge in [0.25, 0.3) is 10.0 Å². The molecule has 0 amide bonds. The Balaban J connectivity index is 2.55. The van der Waals surface area contributed by atoms with Crippen molar-refractivity contribution in [2.75, 3.05) is 10.1 Å². The average Bonchev–Trinajstić information content (AvgIpc) is 2.82. The van der Waals surface area contributed by atoms with Crippen molar-refractivity contribution in [3.05, 3.63) is 34.6 Å². The molecule has 0 atom stereocenters. The molecular formula is C9H11N7O4S. The summed E-state index contributed by atoms with van der Waals surface area (Å²) in [5, 5.41) is 14.8. The highest BCUT2D eigenvalue weighted by atomic mass is 32.2. The number of anilines is 2. The Labute approximate surface area is 119 Å². The van der Waals surface area contributed by atoms with Crippen molar-refractivity contribution in [2.45, 2.75) is 4.90 Å². The molecule has 0 radical (unpaired) electrons. The molecular weight excluding hydrogens is 302 g/mol. The number of para-hydroxylation sites is 1. The lowest BCUT2D eigenvalue weighted by atomic mass is 10.3. The standard InChI is InChI=1S/C9H11N7O4S/c1-15-9(11-5-12-15)14-21(19,20)7-4-2-3-6(13-10)8(7)16(17)18/h2-5,13H,10H2,1H3,(H,11,12,14). The number of rotatable bonds is 5. The molecule has 11 nitrogen and oxygen atoms in total. The molecule has 0 saturated carbocycles. The number of aromatic nitrogens is 3. The third kappa shape index (κ3) is 2.75. The molecule has 112 valence electrons. The molecule has 0 fully saturated rings. The van der Waals surface area contributed by atoms with Crippen LogP contribution in [-0.2, 0) is 17.1 Å². The van der Waals surface area contributed by atoms with E-state index in [-0.39, 0.29) is 11.6 Å². The number of nitro benzene ring substituents is 1. The Bertz CT molecular complexity index is 785. The Morgan fingerprint density at radius 1 is 1.43 bits per heavy atom. The number of hydrogen-bond acceptors (Lipinski definition) is 8. The molecule has 0 saturated heterocycles. The maximum Gasteiger partial charge on any atom is 0.314 e. The number of aryl methyl sites for hydroxylation is 1. The van der Waals surface area contributed by atoms with Gasteiger partial charge in [0.1, 0.15) is 12.0 Å². The summed E-state index contributed by atoms with van der Waals surface area (Å²) >= 11 is 0. The van der Waals surface area contributed by atoms with Crippen molar-refractivity contribution >= 4 is 27.3 Å². The van der Waals surface area contributed by atoms with E-state index in [4.69, 9.17) is 5.84 Å². The molecule has 0 aliphatic carbocycles. The second kappa shape index (κ2) is 5.34. The van der Waals surface area contributed by atoms with E-state index in [0.29, 0.717) is 0 Å². The monoisotopic (exact) mass is 313 g/mol. The van der Waals surface area contributed by atoms with Gasteiger partial charge in [0.2, 0.25) is 5.95 Å². The van der Waals surface area contributed by atoms with Gasteiger partial charge in [-0.3, -0.25) is 16.0 Å². The minimum Gasteiger partial charge on any atom is -0.318 e. The summed E-state index contributed by atoms with van der Waals surface area (Å²) in [7, 11) is -2.76. The molecule has 2 rings (SSSR count). The van der Waals surface area contributed by atoms with Gasteiger partial charge in [0.05, 0.1) is 4.92 Å². The van der Waals surface area contributed by atoms with Gasteiger partial charge < -0.3 is 5.43 Å². The van der Waals surface area contributed by atoms with Crippen molar-refractivity contribution in [3.8, 4) is 0 Å². The highest BCUT2D eigenvalue weighted by Crippen LogP contribution is 2.32. The van der Waals surface area contributed by atoms with Gasteiger partial charge in [0, 0.05) is 7.05 Å². The number of nitrogens with two attached hydrogens (primary N) is 1. The highest BCUT2D eigenvalue weighted by Gasteiger charge is 2.29. The fourth-order valence-electron chi connectivity index (χ4n) is 1.61. The normalized spacial score (nSPS) is 11.1. The minimum absolute atomic E-state index is 0.0737. The van der Waals surface area contributed by atoms with Crippen molar-refractivity contribution in [1.29, 1.82) is 0 Å². The summed E-state index contributed by atoms with van der Waals surface area (Å²) in [6, 6.07) is 3.71. The second-order valence-corrected chi connectivity index (χ2v) is 5.52. The van der Waals surface area contributed by atoms with E-state index in [1.165, 1.54) is 23.9 Å². The van der Waals surface area contributed by atoms with Gasteiger partial charge in [0.15, 0.2) is 4.90 Å². The van der Waals surface area contributed by atoms with E-state index in [9.17, 15) is 18.5 Å². The smallest absolute Gasteiger partial charge is 0.314 e. The van der Waals surface area contributed by atoms with Gasteiger partial charge >= 0.3 is 5.69 Å². The Morgan fingerprint density at radius 2 is 2.14 bits per heavy atom. The van der Waals surface area contributed by atoms with Gasteiger partial charge in [-0.1, -0.05) is 6.07 Å². The molecule has 1 heterocycles. The average molecular weight is 313 g/mol. The molecule has 0 bridgehead atoms. The number of benzene rings is 1. The summed E-state index contributed by atoms with van der Waals surface area (Å²) in [6.45, 7) is 0. The molecule has 4 N–H and O–H groups in total. The first-order valence-corrected chi connectivity index (χ1v) is 6.96. The fourth-order valence-corrected chi connectivity index (χ4v) is 2.84. The maximum atomic E-state index is 12.3. The lowest BCUT2D eigenvalue weighted by Gasteiger charge is -2.09. The summed E-state index contributed by atoms with van der Waals surface area (Å²) < 4.78 is 27.9. The van der Waals surface area contributed by atoms with Crippen LogP contribution in [0, 0.1) is 10.1 Å². The molecule has 0 aliphatic rings. The van der Waals surface area contributed by atoms with Gasteiger partial charge in [-0.2, -0.15) is 10.1 Å². The topological polar surface area (TPSA) is 158 Å². The van der Waals surface area contributed by atoms with Crippen LogP contribution >= 0.6 is 0 Å². The fraction of sp³-hybridized carbons (Fsp3) is 0.111. The van der Waals surface area contributed by atoms with Crippen LogP contribution in [0.1, 0.15) is 0 Å². The number of nitrogen functional groups attached to an aromatic ring is 1. The molecule has 1 aromatic heterocycles. The quantitative estimate of drug-likeness (QED) is 0.389. The molecule has 1 aromatic carbocycles. The molecule has 0 aliphatic heterocycles. The zero-order chi connectivity index (χ0) is 15.6. The Morgan fingerprint density at radius 3 is 2.67 bits per heavy atom. The number of nitro groups is 1. The van der Waals surface area contributed by atoms with E-state index in [2.05, 4.69) is 20.2 Å². The van der Waals surface area contributed by atoms with Crippen molar-refractivity contribution < 1.29 is 13.3 Å². The maximum absolute atomic E-state index is 12.3. The molecule has 12 heteroatoms. The Hall–Kier alpha value is -2.73. The number of hydrogen-bond donors (Lipinski definition) is 3. The van der Waals surface area contributed by atoms with Crippen LogP contribution < -0.4 is 16.0 Å². The van der Waals surface area contributed by atoms with Gasteiger partial charge in [-0.05, 0) is 12.1 Å². The number of hydrazine groups is 1. The summed E-state index contributed by atoms with van der Waals surface area (Å²) in [5.41, 5.74) is 1.31. The van der Waals surface area contributed by atoms with Crippen LogP contribution in [0.4, 0.5) is 17.3 Å². The number of nitrogens with zero attached hydrogens (tertiary/aromatic N) is 4. The zero-order valence-corrected chi connectivity index (χ0v) is 11.5. The van der Waals surface area contributed by atoms with Crippen molar-refractivity contribution in [3.63, 3.8) is 0 Å². The van der Waals surface area contributed by atoms with Crippen LogP contribution in [0.15, 0.2) is 29.4 Å². The summed E-state index contributed by atoms with van der Waals surface area (Å²) in [4.78, 5) is 13.4. The largest absolute Gasteiger partial charge is 0.318 e. The van der Waals surface area contributed by atoms with Gasteiger partial charge in [-0.15, -0.1) is 0 Å². The molecule has 0 unspecified atom stereocenters. The van der Waals surface area contributed by atoms with E-state index >= 15 is 0 Å². The number of sulfonamides is 1. The van der Waals surface area contributed by atoms with E-state index in [1.54, 1.807) is 0 Å². The van der Waals surface area contributed by atoms with Crippen LogP contribution in [0.5, 0.6) is 0 Å². The first kappa shape index (κ1) is 14.7.